The van der Waals surface area contributed by atoms with Crippen molar-refractivity contribution in [2.24, 2.45) is 0 Å². The molecular formula is C31H32N2O4. The Morgan fingerprint density at radius 1 is 1.00 bits per heavy atom. The molecular weight excluding hydrogens is 464 g/mol. The number of carbonyl (C=O) groups excluding carboxylic acids is 1. The number of morpholine rings is 1. The third kappa shape index (κ3) is 5.16. The van der Waals surface area contributed by atoms with Gasteiger partial charge in [0.25, 0.3) is 0 Å². The predicted octanol–water partition coefficient (Wildman–Crippen LogP) is 6.37. The minimum Gasteiger partial charge on any atom is -0.455 e. The van der Waals surface area contributed by atoms with Crippen molar-refractivity contribution in [3.63, 3.8) is 0 Å². The van der Waals surface area contributed by atoms with E-state index in [0.29, 0.717) is 22.3 Å². The normalized spacial score (nSPS) is 18.5. The number of nitrogens with one attached hydrogen (secondary N) is 1. The lowest BCUT2D eigenvalue weighted by Gasteiger charge is -2.36. The number of carbonyl (C=O) groups is 1. The van der Waals surface area contributed by atoms with E-state index in [-0.39, 0.29) is 23.7 Å². The molecule has 1 aliphatic heterocycles. The van der Waals surface area contributed by atoms with E-state index in [1.54, 1.807) is 12.1 Å². The van der Waals surface area contributed by atoms with Gasteiger partial charge in [-0.1, -0.05) is 18.2 Å². The molecule has 1 fully saturated rings. The smallest absolute Gasteiger partial charge is 0.193 e. The van der Waals surface area contributed by atoms with Crippen molar-refractivity contribution in [1.82, 2.24) is 0 Å². The van der Waals surface area contributed by atoms with Gasteiger partial charge in [-0.05, 0) is 75.7 Å². The van der Waals surface area contributed by atoms with E-state index >= 15 is 0 Å². The van der Waals surface area contributed by atoms with Crippen LogP contribution in [0.2, 0.25) is 0 Å². The molecule has 0 radical (unpaired) electrons. The average Bonchev–Trinajstić information content (AvgIpc) is 2.88. The van der Waals surface area contributed by atoms with Crippen LogP contribution in [0.4, 0.5) is 11.4 Å². The maximum Gasteiger partial charge on any atom is 0.193 e. The standard InChI is InChI=1S/C31H32N2O4/c1-19-13-26(22(4)32-28-8-6-5-7-24(28)18-34)31-27(14-19)29(35)15-30(37-31)23-9-11-25(12-10-23)33-16-20(2)36-21(3)17-33/h5-15,18,20-22,32H,16-17H2,1-4H3. The van der Waals surface area contributed by atoms with Crippen molar-refractivity contribution in [2.45, 2.75) is 45.9 Å². The van der Waals surface area contributed by atoms with Crippen LogP contribution in [0.15, 0.2) is 75.9 Å². The molecule has 4 aromatic rings. The van der Waals surface area contributed by atoms with E-state index in [0.717, 1.165) is 47.4 Å². The Labute approximate surface area is 216 Å². The van der Waals surface area contributed by atoms with Gasteiger partial charge in [0.2, 0.25) is 0 Å². The summed E-state index contributed by atoms with van der Waals surface area (Å²) in [6, 6.07) is 20.8. The van der Waals surface area contributed by atoms with Gasteiger partial charge in [0, 0.05) is 47.2 Å². The number of hydrogen-bond acceptors (Lipinski definition) is 6. The molecule has 0 bridgehead atoms. The molecule has 0 saturated carbocycles. The Hall–Kier alpha value is -3.90. The number of aryl methyl sites for hydroxylation is 1. The Morgan fingerprint density at radius 3 is 2.41 bits per heavy atom. The van der Waals surface area contributed by atoms with Crippen LogP contribution in [-0.4, -0.2) is 31.6 Å². The lowest BCUT2D eigenvalue weighted by Crippen LogP contribution is -2.45. The number of rotatable bonds is 6. The summed E-state index contributed by atoms with van der Waals surface area (Å²) in [5.74, 6) is 0.526. The van der Waals surface area contributed by atoms with E-state index in [9.17, 15) is 9.59 Å². The summed E-state index contributed by atoms with van der Waals surface area (Å²) in [6.07, 6.45) is 1.19. The molecule has 1 aliphatic rings. The second-order valence-corrected chi connectivity index (χ2v) is 9.99. The van der Waals surface area contributed by atoms with Crippen LogP contribution >= 0.6 is 0 Å². The first-order chi connectivity index (χ1) is 17.8. The number of benzene rings is 3. The van der Waals surface area contributed by atoms with Crippen LogP contribution in [-0.2, 0) is 4.74 Å². The van der Waals surface area contributed by atoms with Gasteiger partial charge in [-0.3, -0.25) is 9.59 Å². The highest BCUT2D eigenvalue weighted by Crippen LogP contribution is 2.32. The lowest BCUT2D eigenvalue weighted by molar-refractivity contribution is -0.00521. The highest BCUT2D eigenvalue weighted by atomic mass is 16.5. The summed E-state index contributed by atoms with van der Waals surface area (Å²) in [5, 5.41) is 3.96. The third-order valence-corrected chi connectivity index (χ3v) is 6.86. The fourth-order valence-electron chi connectivity index (χ4n) is 5.17. The zero-order valence-corrected chi connectivity index (χ0v) is 21.7. The third-order valence-electron chi connectivity index (χ3n) is 6.86. The van der Waals surface area contributed by atoms with E-state index in [2.05, 4.69) is 36.2 Å². The zero-order valence-electron chi connectivity index (χ0n) is 21.7. The number of anilines is 2. The van der Waals surface area contributed by atoms with Gasteiger partial charge >= 0.3 is 0 Å². The average molecular weight is 497 g/mol. The topological polar surface area (TPSA) is 71.8 Å². The molecule has 5 rings (SSSR count). The molecule has 3 unspecified atom stereocenters. The van der Waals surface area contributed by atoms with E-state index in [1.165, 1.54) is 0 Å². The Bertz CT molecular complexity index is 1480. The Kier molecular flexibility index (Phi) is 6.85. The molecule has 190 valence electrons. The van der Waals surface area contributed by atoms with Gasteiger partial charge in [0.15, 0.2) is 11.7 Å². The van der Waals surface area contributed by atoms with Crippen LogP contribution in [0.25, 0.3) is 22.3 Å². The first-order valence-corrected chi connectivity index (χ1v) is 12.7. The zero-order chi connectivity index (χ0) is 26.1. The van der Waals surface area contributed by atoms with Crippen LogP contribution in [0, 0.1) is 6.92 Å². The summed E-state index contributed by atoms with van der Waals surface area (Å²) in [6.45, 7) is 9.84. The van der Waals surface area contributed by atoms with E-state index < -0.39 is 0 Å². The van der Waals surface area contributed by atoms with Crippen LogP contribution < -0.4 is 15.6 Å². The number of aldehydes is 1. The molecule has 3 aromatic carbocycles. The van der Waals surface area contributed by atoms with Gasteiger partial charge in [-0.2, -0.15) is 0 Å². The second kappa shape index (κ2) is 10.2. The van der Waals surface area contributed by atoms with Gasteiger partial charge in [0.05, 0.1) is 23.6 Å². The van der Waals surface area contributed by atoms with Crippen LogP contribution in [0.3, 0.4) is 0 Å². The first kappa shape index (κ1) is 24.8. The Balaban J connectivity index is 1.51. The maximum absolute atomic E-state index is 13.2. The predicted molar refractivity (Wildman–Crippen MR) is 149 cm³/mol. The SMILES string of the molecule is Cc1cc(C(C)Nc2ccccc2C=O)c2oc(-c3ccc(N4CC(C)OC(C)C4)cc3)cc(=O)c2c1. The monoisotopic (exact) mass is 496 g/mol. The molecule has 6 nitrogen and oxygen atoms in total. The van der Waals surface area contributed by atoms with Crippen molar-refractivity contribution in [2.75, 3.05) is 23.3 Å². The number of ether oxygens (including phenoxy) is 1. The molecule has 1 N–H and O–H groups in total. The second-order valence-electron chi connectivity index (χ2n) is 9.99. The van der Waals surface area contributed by atoms with E-state index in [1.807, 2.05) is 56.3 Å². The van der Waals surface area contributed by atoms with Crippen LogP contribution in [0.1, 0.15) is 48.3 Å². The summed E-state index contributed by atoms with van der Waals surface area (Å²) in [5.41, 5.74) is 5.59. The fraction of sp³-hybridized carbons (Fsp3) is 0.290. The molecule has 37 heavy (non-hydrogen) atoms. The minimum absolute atomic E-state index is 0.0819. The largest absolute Gasteiger partial charge is 0.455 e. The van der Waals surface area contributed by atoms with Crippen molar-refractivity contribution in [3.8, 4) is 11.3 Å². The summed E-state index contributed by atoms with van der Waals surface area (Å²) < 4.78 is 12.3. The van der Waals surface area contributed by atoms with E-state index in [4.69, 9.17) is 9.15 Å². The van der Waals surface area contributed by atoms with Crippen molar-refractivity contribution >= 4 is 28.6 Å². The minimum atomic E-state index is -0.199. The molecule has 0 aliphatic carbocycles. The van der Waals surface area contributed by atoms with Gasteiger partial charge in [-0.25, -0.2) is 0 Å². The highest BCUT2D eigenvalue weighted by molar-refractivity contribution is 5.86. The molecule has 1 aromatic heterocycles. The molecule has 6 heteroatoms. The lowest BCUT2D eigenvalue weighted by atomic mass is 10.00. The summed E-state index contributed by atoms with van der Waals surface area (Å²) >= 11 is 0. The summed E-state index contributed by atoms with van der Waals surface area (Å²) in [4.78, 5) is 27.0. The highest BCUT2D eigenvalue weighted by Gasteiger charge is 2.22. The number of nitrogens with zero attached hydrogens (tertiary/aromatic N) is 1. The van der Waals surface area contributed by atoms with Gasteiger partial charge < -0.3 is 19.4 Å². The molecule has 3 atom stereocenters. The van der Waals surface area contributed by atoms with Crippen molar-refractivity contribution in [3.05, 3.63) is 93.6 Å². The number of para-hydroxylation sites is 1. The fourth-order valence-corrected chi connectivity index (χ4v) is 5.17. The molecule has 0 spiro atoms. The first-order valence-electron chi connectivity index (χ1n) is 12.7. The van der Waals surface area contributed by atoms with Crippen molar-refractivity contribution < 1.29 is 13.9 Å². The van der Waals surface area contributed by atoms with Crippen LogP contribution in [0.5, 0.6) is 0 Å². The molecule has 0 amide bonds. The van der Waals surface area contributed by atoms with Gasteiger partial charge in [-0.15, -0.1) is 0 Å². The number of hydrogen-bond donors (Lipinski definition) is 1. The molecule has 2 heterocycles. The van der Waals surface area contributed by atoms with Crippen molar-refractivity contribution in [1.29, 1.82) is 0 Å². The van der Waals surface area contributed by atoms with Gasteiger partial charge in [0.1, 0.15) is 11.3 Å². The number of fused-ring (bicyclic) bond motifs is 1. The molecule has 1 saturated heterocycles. The summed E-state index contributed by atoms with van der Waals surface area (Å²) in [7, 11) is 0. The Morgan fingerprint density at radius 2 is 1.70 bits per heavy atom. The quantitative estimate of drug-likeness (QED) is 0.313. The maximum atomic E-state index is 13.2.